The van der Waals surface area contributed by atoms with Crippen molar-refractivity contribution in [1.82, 2.24) is 4.98 Å². The van der Waals surface area contributed by atoms with E-state index in [0.717, 1.165) is 29.5 Å². The number of aromatic nitrogens is 1. The Morgan fingerprint density at radius 2 is 1.11 bits per heavy atom. The van der Waals surface area contributed by atoms with E-state index in [4.69, 9.17) is 23.9 Å². The molecule has 5 heteroatoms. The maximum absolute atomic E-state index is 6.22. The highest BCUT2D eigenvalue weighted by Gasteiger charge is 2.17. The van der Waals surface area contributed by atoms with Gasteiger partial charge in [-0.3, -0.25) is 0 Å². The molecule has 0 aliphatic rings. The number of benzene rings is 3. The van der Waals surface area contributed by atoms with Crippen molar-refractivity contribution in [2.75, 3.05) is 6.61 Å². The summed E-state index contributed by atoms with van der Waals surface area (Å²) in [6, 6.07) is 32.1. The van der Waals surface area contributed by atoms with Crippen molar-refractivity contribution in [3.63, 3.8) is 0 Å². The lowest BCUT2D eigenvalue weighted by atomic mass is 10.2. The molecule has 0 saturated carbocycles. The largest absolute Gasteiger partial charge is 0.487 e. The summed E-state index contributed by atoms with van der Waals surface area (Å²) in [5, 5.41) is 0. The third kappa shape index (κ3) is 7.85. The van der Waals surface area contributed by atoms with E-state index in [1.165, 1.54) is 0 Å². The lowest BCUT2D eigenvalue weighted by Gasteiger charge is -2.17. The molecule has 0 N–H and O–H groups in total. The zero-order valence-corrected chi connectivity index (χ0v) is 20.8. The molecule has 0 amide bonds. The van der Waals surface area contributed by atoms with Gasteiger partial charge in [-0.2, -0.15) is 0 Å². The minimum absolute atomic E-state index is 0.294. The molecule has 0 radical (unpaired) electrons. The van der Waals surface area contributed by atoms with Crippen molar-refractivity contribution >= 4 is 0 Å². The molecule has 0 unspecified atom stereocenters. The number of pyridine rings is 1. The van der Waals surface area contributed by atoms with E-state index in [9.17, 15) is 0 Å². The van der Waals surface area contributed by atoms with Gasteiger partial charge in [-0.1, -0.05) is 104 Å². The fraction of sp³-hybridized carbons (Fsp3) is 0.258. The lowest BCUT2D eigenvalue weighted by molar-refractivity contribution is 0.100. The van der Waals surface area contributed by atoms with Gasteiger partial charge in [0.25, 0.3) is 5.88 Å². The highest BCUT2D eigenvalue weighted by Crippen LogP contribution is 2.34. The van der Waals surface area contributed by atoms with Crippen LogP contribution in [-0.2, 0) is 31.2 Å². The average molecular weight is 484 g/mol. The first-order valence-corrected chi connectivity index (χ1v) is 12.4. The van der Waals surface area contributed by atoms with Crippen LogP contribution in [0.25, 0.3) is 0 Å². The summed E-state index contributed by atoms with van der Waals surface area (Å²) < 4.78 is 24.4. The summed E-state index contributed by atoms with van der Waals surface area (Å²) in [5.41, 5.74) is 3.93. The molecule has 0 atom stereocenters. The van der Waals surface area contributed by atoms with Gasteiger partial charge in [0, 0.05) is 6.07 Å². The fourth-order valence-electron chi connectivity index (χ4n) is 3.56. The van der Waals surface area contributed by atoms with Gasteiger partial charge in [0.2, 0.25) is 0 Å². The number of nitrogens with zero attached hydrogens (tertiary/aromatic N) is 1. The van der Waals surface area contributed by atoms with Crippen LogP contribution in [0.4, 0.5) is 0 Å². The Bertz CT molecular complexity index is 1170. The molecule has 0 fully saturated rings. The van der Waals surface area contributed by atoms with Gasteiger partial charge in [-0.25, -0.2) is 4.98 Å². The quantitative estimate of drug-likeness (QED) is 0.179. The molecule has 0 aliphatic carbocycles. The van der Waals surface area contributed by atoms with Crippen molar-refractivity contribution in [1.29, 1.82) is 0 Å². The van der Waals surface area contributed by atoms with Crippen molar-refractivity contribution in [3.8, 4) is 17.4 Å². The highest BCUT2D eigenvalue weighted by molar-refractivity contribution is 5.44. The predicted octanol–water partition coefficient (Wildman–Crippen LogP) is 7.14. The Morgan fingerprint density at radius 1 is 0.583 bits per heavy atom. The molecule has 0 bridgehead atoms. The summed E-state index contributed by atoms with van der Waals surface area (Å²) in [5.74, 6) is 1.65. The van der Waals surface area contributed by atoms with Crippen LogP contribution in [0.5, 0.6) is 17.4 Å². The predicted molar refractivity (Wildman–Crippen MR) is 141 cm³/mol. The minimum atomic E-state index is 0.294. The maximum Gasteiger partial charge on any atom is 0.257 e. The van der Waals surface area contributed by atoms with Crippen LogP contribution in [0.2, 0.25) is 0 Å². The molecule has 0 aliphatic heterocycles. The second-order valence-corrected chi connectivity index (χ2v) is 8.47. The van der Waals surface area contributed by atoms with E-state index in [0.29, 0.717) is 56.1 Å². The number of ether oxygens (including phenoxy) is 4. The number of hydrogen-bond donors (Lipinski definition) is 0. The summed E-state index contributed by atoms with van der Waals surface area (Å²) >= 11 is 0. The Morgan fingerprint density at radius 3 is 1.67 bits per heavy atom. The molecule has 1 heterocycles. The fourth-order valence-corrected chi connectivity index (χ4v) is 3.56. The van der Waals surface area contributed by atoms with Gasteiger partial charge in [-0.15, -0.1) is 0 Å². The molecule has 186 valence electrons. The van der Waals surface area contributed by atoms with Crippen LogP contribution < -0.4 is 14.2 Å². The van der Waals surface area contributed by atoms with E-state index in [1.807, 2.05) is 97.1 Å². The molecule has 3 aromatic carbocycles. The summed E-state index contributed by atoms with van der Waals surface area (Å²) in [4.78, 5) is 4.80. The SMILES string of the molecule is CCCCOc1nc(COCc2ccccc2)c(OCc2ccccc2)cc1OCc1ccccc1. The standard InChI is InChI=1S/C31H33NO4/c1-2-3-19-34-31-30(36-23-27-17-11-6-12-18-27)20-29(35-22-26-15-9-5-10-16-26)28(32-31)24-33-21-25-13-7-4-8-14-25/h4-18,20H,2-3,19,21-24H2,1H3. The molecule has 1 aromatic heterocycles. The molecule has 0 saturated heterocycles. The van der Waals surface area contributed by atoms with Crippen LogP contribution in [0.15, 0.2) is 97.1 Å². The van der Waals surface area contributed by atoms with Crippen molar-refractivity contribution in [2.45, 2.75) is 46.2 Å². The van der Waals surface area contributed by atoms with Crippen LogP contribution in [-0.4, -0.2) is 11.6 Å². The second-order valence-electron chi connectivity index (χ2n) is 8.47. The minimum Gasteiger partial charge on any atom is -0.487 e. The van der Waals surface area contributed by atoms with Gasteiger partial charge in [0.15, 0.2) is 5.75 Å². The van der Waals surface area contributed by atoms with Crippen molar-refractivity contribution in [2.24, 2.45) is 0 Å². The van der Waals surface area contributed by atoms with E-state index >= 15 is 0 Å². The summed E-state index contributed by atoms with van der Waals surface area (Å²) in [6.45, 7) is 4.31. The van der Waals surface area contributed by atoms with Crippen LogP contribution in [0, 0.1) is 0 Å². The van der Waals surface area contributed by atoms with E-state index in [1.54, 1.807) is 0 Å². The molecule has 4 rings (SSSR count). The van der Waals surface area contributed by atoms with Crippen LogP contribution in [0.3, 0.4) is 0 Å². The van der Waals surface area contributed by atoms with Gasteiger partial charge in [-0.05, 0) is 23.1 Å². The summed E-state index contributed by atoms with van der Waals surface area (Å²) in [6.07, 6.45) is 1.97. The zero-order valence-electron chi connectivity index (χ0n) is 20.8. The zero-order chi connectivity index (χ0) is 24.8. The molecule has 5 nitrogen and oxygen atoms in total. The van der Waals surface area contributed by atoms with Crippen molar-refractivity contribution < 1.29 is 18.9 Å². The normalized spacial score (nSPS) is 10.7. The Balaban J connectivity index is 1.56. The Hall–Kier alpha value is -3.83. The number of hydrogen-bond acceptors (Lipinski definition) is 5. The Kier molecular flexibility index (Phi) is 9.76. The molecular formula is C31H33NO4. The highest BCUT2D eigenvalue weighted by atomic mass is 16.5. The first kappa shape index (κ1) is 25.3. The average Bonchev–Trinajstić information content (AvgIpc) is 2.93. The molecule has 0 spiro atoms. The third-order valence-corrected chi connectivity index (χ3v) is 5.56. The smallest absolute Gasteiger partial charge is 0.257 e. The third-order valence-electron chi connectivity index (χ3n) is 5.56. The van der Waals surface area contributed by atoms with Gasteiger partial charge >= 0.3 is 0 Å². The van der Waals surface area contributed by atoms with Gasteiger partial charge in [0.1, 0.15) is 24.7 Å². The molecular weight excluding hydrogens is 450 g/mol. The first-order valence-electron chi connectivity index (χ1n) is 12.4. The first-order chi connectivity index (χ1) is 17.8. The topological polar surface area (TPSA) is 49.8 Å². The second kappa shape index (κ2) is 13.9. The maximum atomic E-state index is 6.22. The van der Waals surface area contributed by atoms with Crippen LogP contribution >= 0.6 is 0 Å². The monoisotopic (exact) mass is 483 g/mol. The van der Waals surface area contributed by atoms with E-state index in [2.05, 4.69) is 6.92 Å². The van der Waals surface area contributed by atoms with Gasteiger partial charge in [0.05, 0.1) is 19.8 Å². The van der Waals surface area contributed by atoms with Crippen LogP contribution in [0.1, 0.15) is 42.1 Å². The lowest BCUT2D eigenvalue weighted by Crippen LogP contribution is -2.08. The van der Waals surface area contributed by atoms with E-state index < -0.39 is 0 Å². The van der Waals surface area contributed by atoms with E-state index in [-0.39, 0.29) is 0 Å². The molecule has 4 aromatic rings. The Labute approximate surface area is 213 Å². The van der Waals surface area contributed by atoms with Gasteiger partial charge < -0.3 is 18.9 Å². The molecule has 36 heavy (non-hydrogen) atoms. The number of rotatable bonds is 14. The summed E-state index contributed by atoms with van der Waals surface area (Å²) in [7, 11) is 0. The number of unbranched alkanes of at least 4 members (excludes halogenated alkanes) is 1. The van der Waals surface area contributed by atoms with Crippen molar-refractivity contribution in [3.05, 3.63) is 119 Å².